The second-order valence-corrected chi connectivity index (χ2v) is 6.57. The summed E-state index contributed by atoms with van der Waals surface area (Å²) in [6.45, 7) is 0. The molecule has 3 aromatic carbocycles. The number of rotatable bonds is 4. The molecule has 0 bridgehead atoms. The number of carboxylic acid groups (broad SMARTS) is 1. The summed E-state index contributed by atoms with van der Waals surface area (Å²) in [6, 6.07) is 13.8. The Bertz CT molecular complexity index is 1080. The van der Waals surface area contributed by atoms with Crippen LogP contribution in [-0.4, -0.2) is 28.7 Å². The minimum absolute atomic E-state index is 0.0300. The fraction of sp³-hybridized carbons (Fsp3) is 0.100. The first kappa shape index (κ1) is 16.5. The molecule has 5 nitrogen and oxygen atoms in total. The monoisotopic (exact) mass is 364 g/mol. The van der Waals surface area contributed by atoms with Gasteiger partial charge < -0.3 is 16.2 Å². The number of fused-ring (bicyclic) bond motifs is 2. The molecule has 0 unspecified atom stereocenters. The highest BCUT2D eigenvalue weighted by molar-refractivity contribution is 7.80. The summed E-state index contributed by atoms with van der Waals surface area (Å²) in [7, 11) is 0. The van der Waals surface area contributed by atoms with Crippen LogP contribution in [0.2, 0.25) is 0 Å². The zero-order valence-corrected chi connectivity index (χ0v) is 14.6. The van der Waals surface area contributed by atoms with Crippen LogP contribution in [0.4, 0.5) is 11.4 Å². The number of nitrogens with one attached hydrogen (secondary N) is 1. The van der Waals surface area contributed by atoms with Crippen LogP contribution < -0.4 is 11.1 Å². The molecule has 0 radical (unpaired) electrons. The van der Waals surface area contributed by atoms with Crippen molar-refractivity contribution in [1.29, 1.82) is 0 Å². The Labute approximate surface area is 155 Å². The van der Waals surface area contributed by atoms with E-state index in [0.717, 1.165) is 21.9 Å². The normalized spacial score (nSPS) is 13.3. The van der Waals surface area contributed by atoms with Crippen molar-refractivity contribution < 1.29 is 14.7 Å². The average molecular weight is 364 g/mol. The fourth-order valence-electron chi connectivity index (χ4n) is 3.46. The van der Waals surface area contributed by atoms with Gasteiger partial charge >= 0.3 is 5.97 Å². The molecule has 1 aliphatic rings. The number of ketones is 1. The lowest BCUT2D eigenvalue weighted by molar-refractivity contribution is -0.137. The first-order valence-electron chi connectivity index (χ1n) is 8.12. The maximum atomic E-state index is 12.9. The molecular weight excluding hydrogens is 348 g/mol. The van der Waals surface area contributed by atoms with Crippen LogP contribution in [0.5, 0.6) is 0 Å². The summed E-state index contributed by atoms with van der Waals surface area (Å²) < 4.78 is 0. The Balaban J connectivity index is 2.02. The van der Waals surface area contributed by atoms with E-state index in [1.807, 2.05) is 30.3 Å². The van der Waals surface area contributed by atoms with Crippen LogP contribution in [0.25, 0.3) is 21.9 Å². The number of thiol groups is 1. The zero-order valence-electron chi connectivity index (χ0n) is 13.7. The molecule has 1 atom stereocenters. The second-order valence-electron chi connectivity index (χ2n) is 6.21. The van der Waals surface area contributed by atoms with E-state index in [1.54, 1.807) is 18.2 Å². The molecule has 0 spiro atoms. The highest BCUT2D eigenvalue weighted by Gasteiger charge is 2.27. The van der Waals surface area contributed by atoms with Crippen LogP contribution in [0.1, 0.15) is 15.9 Å². The minimum Gasteiger partial charge on any atom is -0.480 e. The number of hydrogen-bond donors (Lipinski definition) is 4. The molecule has 4 rings (SSSR count). The standard InChI is InChI=1S/C20H16N2O3S/c21-18-12-6-3-7-13-17(12)14(8-15(18)22-16(9-26)20(24)25)10-4-1-2-5-11(10)19(13)23/h1-8,16,22,26H,9,21H2,(H,24,25)/t16-/m0/s1. The Morgan fingerprint density at radius 3 is 2.46 bits per heavy atom. The topological polar surface area (TPSA) is 92.4 Å². The summed E-state index contributed by atoms with van der Waals surface area (Å²) in [4.78, 5) is 24.2. The third-order valence-corrected chi connectivity index (χ3v) is 5.08. The van der Waals surface area contributed by atoms with Gasteiger partial charge in [0, 0.05) is 27.7 Å². The van der Waals surface area contributed by atoms with Gasteiger partial charge in [-0.1, -0.05) is 42.5 Å². The highest BCUT2D eigenvalue weighted by atomic mass is 32.1. The number of nitrogens with two attached hydrogens (primary N) is 1. The molecular formula is C20H16N2O3S. The van der Waals surface area contributed by atoms with Crippen LogP contribution >= 0.6 is 12.6 Å². The highest BCUT2D eigenvalue weighted by Crippen LogP contribution is 2.44. The van der Waals surface area contributed by atoms with Crippen molar-refractivity contribution in [3.8, 4) is 11.1 Å². The maximum Gasteiger partial charge on any atom is 0.326 e. The Hall–Kier alpha value is -2.99. The van der Waals surface area contributed by atoms with Crippen LogP contribution in [0.15, 0.2) is 48.5 Å². The minimum atomic E-state index is -1.00. The molecule has 0 aliphatic heterocycles. The number of hydrogen-bond acceptors (Lipinski definition) is 5. The molecule has 1 aliphatic carbocycles. The van der Waals surface area contributed by atoms with Gasteiger partial charge in [-0.05, 0) is 17.2 Å². The smallest absolute Gasteiger partial charge is 0.326 e. The zero-order chi connectivity index (χ0) is 18.4. The molecule has 3 aromatic rings. The predicted molar refractivity (Wildman–Crippen MR) is 106 cm³/mol. The van der Waals surface area contributed by atoms with Crippen LogP contribution in [-0.2, 0) is 4.79 Å². The Morgan fingerprint density at radius 1 is 1.08 bits per heavy atom. The maximum absolute atomic E-state index is 12.9. The fourth-order valence-corrected chi connectivity index (χ4v) is 3.71. The number of aliphatic carboxylic acids is 1. The summed E-state index contributed by atoms with van der Waals surface area (Å²) >= 11 is 4.10. The number of benzene rings is 3. The molecule has 130 valence electrons. The Kier molecular flexibility index (Phi) is 3.85. The number of anilines is 2. The van der Waals surface area contributed by atoms with Crippen LogP contribution in [0, 0.1) is 0 Å². The van der Waals surface area contributed by atoms with Gasteiger partial charge in [-0.15, -0.1) is 0 Å². The van der Waals surface area contributed by atoms with E-state index in [1.165, 1.54) is 0 Å². The van der Waals surface area contributed by atoms with Crippen molar-refractivity contribution >= 4 is 46.5 Å². The quantitative estimate of drug-likeness (QED) is 0.329. The van der Waals surface area contributed by atoms with E-state index in [4.69, 9.17) is 5.73 Å². The third kappa shape index (κ3) is 2.34. The van der Waals surface area contributed by atoms with E-state index < -0.39 is 12.0 Å². The first-order valence-corrected chi connectivity index (χ1v) is 8.75. The summed E-state index contributed by atoms with van der Waals surface area (Å²) in [5.41, 5.74) is 10.2. The number of carbonyl (C=O) groups is 2. The number of nitrogen functional groups attached to an aromatic ring is 1. The van der Waals surface area contributed by atoms with Crippen LogP contribution in [0.3, 0.4) is 0 Å². The molecule has 4 N–H and O–H groups in total. The van der Waals surface area contributed by atoms with Crippen molar-refractivity contribution in [2.24, 2.45) is 0 Å². The molecule has 0 heterocycles. The van der Waals surface area contributed by atoms with Gasteiger partial charge in [-0.25, -0.2) is 4.79 Å². The average Bonchev–Trinajstić information content (AvgIpc) is 2.66. The van der Waals surface area contributed by atoms with Gasteiger partial charge in [0.25, 0.3) is 0 Å². The molecule has 26 heavy (non-hydrogen) atoms. The second kappa shape index (κ2) is 6.07. The van der Waals surface area contributed by atoms with E-state index >= 15 is 0 Å². The molecule has 0 saturated heterocycles. The molecule has 0 saturated carbocycles. The molecule has 6 heteroatoms. The number of carboxylic acids is 1. The lowest BCUT2D eigenvalue weighted by atomic mass is 9.82. The molecule has 0 aromatic heterocycles. The third-order valence-electron chi connectivity index (χ3n) is 4.72. The van der Waals surface area contributed by atoms with Crippen molar-refractivity contribution in [2.75, 3.05) is 16.8 Å². The van der Waals surface area contributed by atoms with Gasteiger partial charge in [-0.3, -0.25) is 4.79 Å². The van der Waals surface area contributed by atoms with Gasteiger partial charge in [0.05, 0.1) is 11.4 Å². The summed E-state index contributed by atoms with van der Waals surface area (Å²) in [6.07, 6.45) is 0. The van der Waals surface area contributed by atoms with Gasteiger partial charge in [0.1, 0.15) is 6.04 Å². The van der Waals surface area contributed by atoms with Gasteiger partial charge in [0.2, 0.25) is 0 Å². The molecule has 0 amide bonds. The SMILES string of the molecule is Nc1c(N[C@@H](CS)C(=O)O)cc2c3c(cccc13)C(=O)c1ccccc1-2. The van der Waals surface area contributed by atoms with E-state index in [2.05, 4.69) is 17.9 Å². The van der Waals surface area contributed by atoms with Crippen molar-refractivity contribution in [1.82, 2.24) is 0 Å². The first-order chi connectivity index (χ1) is 12.5. The van der Waals surface area contributed by atoms with E-state index in [9.17, 15) is 14.7 Å². The summed E-state index contributed by atoms with van der Waals surface area (Å²) in [5.74, 6) is -0.910. The van der Waals surface area contributed by atoms with E-state index in [0.29, 0.717) is 22.5 Å². The van der Waals surface area contributed by atoms with Crippen molar-refractivity contribution in [3.05, 3.63) is 59.7 Å². The lowest BCUT2D eigenvalue weighted by Crippen LogP contribution is -2.31. The van der Waals surface area contributed by atoms with Crippen molar-refractivity contribution in [3.63, 3.8) is 0 Å². The summed E-state index contributed by atoms with van der Waals surface area (Å²) in [5, 5.41) is 13.8. The Morgan fingerprint density at radius 2 is 1.77 bits per heavy atom. The lowest BCUT2D eigenvalue weighted by Gasteiger charge is -2.24. The van der Waals surface area contributed by atoms with E-state index in [-0.39, 0.29) is 11.5 Å². The van der Waals surface area contributed by atoms with Gasteiger partial charge in [0.15, 0.2) is 5.78 Å². The largest absolute Gasteiger partial charge is 0.480 e. The van der Waals surface area contributed by atoms with Gasteiger partial charge in [-0.2, -0.15) is 12.6 Å². The van der Waals surface area contributed by atoms with Crippen molar-refractivity contribution in [2.45, 2.75) is 6.04 Å². The molecule has 0 fully saturated rings. The number of carbonyl (C=O) groups excluding carboxylic acids is 1. The predicted octanol–water partition coefficient (Wildman–Crippen LogP) is 3.43.